The van der Waals surface area contributed by atoms with Gasteiger partial charge < -0.3 is 15.0 Å². The van der Waals surface area contributed by atoms with Gasteiger partial charge in [0.25, 0.3) is 0 Å². The number of H-pyrrole nitrogens is 1. The van der Waals surface area contributed by atoms with Crippen LogP contribution in [-0.2, 0) is 22.5 Å². The highest BCUT2D eigenvalue weighted by atomic mass is 19.4. The lowest BCUT2D eigenvalue weighted by Crippen LogP contribution is -2.37. The molecule has 2 unspecified atom stereocenters. The standard InChI is InChI=1S/C26H21F4N3O2/c1-14-18(8-9-21-23(14)33-13-32-21)16-6-7-17(20(27)10-16)12-31-22-11-15-4-2-3-5-19(15)24(22)35-25(34)26(28,29)30/h2-10,13,22,24,31H,11-12H2,1H3,(H,32,33). The molecule has 0 saturated heterocycles. The highest BCUT2D eigenvalue weighted by Crippen LogP contribution is 2.36. The molecule has 0 fully saturated rings. The van der Waals surface area contributed by atoms with E-state index in [0.717, 1.165) is 27.7 Å². The van der Waals surface area contributed by atoms with E-state index in [4.69, 9.17) is 4.74 Å². The summed E-state index contributed by atoms with van der Waals surface area (Å²) in [5.41, 5.74) is 5.83. The highest BCUT2D eigenvalue weighted by Gasteiger charge is 2.45. The molecule has 0 bridgehead atoms. The summed E-state index contributed by atoms with van der Waals surface area (Å²) in [4.78, 5) is 18.9. The summed E-state index contributed by atoms with van der Waals surface area (Å²) in [6.45, 7) is 1.98. The van der Waals surface area contributed by atoms with E-state index in [1.807, 2.05) is 19.1 Å². The molecule has 9 heteroatoms. The lowest BCUT2D eigenvalue weighted by molar-refractivity contribution is -0.206. The second kappa shape index (κ2) is 8.81. The normalized spacial score (nSPS) is 17.5. The lowest BCUT2D eigenvalue weighted by atomic mass is 9.98. The van der Waals surface area contributed by atoms with Gasteiger partial charge in [-0.15, -0.1) is 0 Å². The van der Waals surface area contributed by atoms with Crippen LogP contribution in [0.25, 0.3) is 22.2 Å². The van der Waals surface area contributed by atoms with Gasteiger partial charge in [-0.2, -0.15) is 13.2 Å². The summed E-state index contributed by atoms with van der Waals surface area (Å²) >= 11 is 0. The molecule has 0 amide bonds. The van der Waals surface area contributed by atoms with Gasteiger partial charge >= 0.3 is 12.1 Å². The van der Waals surface area contributed by atoms with E-state index in [2.05, 4.69) is 15.3 Å². The van der Waals surface area contributed by atoms with Gasteiger partial charge in [0.15, 0.2) is 0 Å². The van der Waals surface area contributed by atoms with E-state index in [1.54, 1.807) is 42.7 Å². The number of fused-ring (bicyclic) bond motifs is 2. The van der Waals surface area contributed by atoms with Crippen LogP contribution < -0.4 is 5.32 Å². The minimum atomic E-state index is -5.10. The average molecular weight is 483 g/mol. The van der Waals surface area contributed by atoms with Crippen LogP contribution in [0, 0.1) is 12.7 Å². The van der Waals surface area contributed by atoms with Crippen molar-refractivity contribution >= 4 is 17.0 Å². The van der Waals surface area contributed by atoms with Crippen molar-refractivity contribution in [1.29, 1.82) is 0 Å². The van der Waals surface area contributed by atoms with Gasteiger partial charge in [0.05, 0.1) is 23.4 Å². The summed E-state index contributed by atoms with van der Waals surface area (Å²) in [5.74, 6) is -2.69. The predicted octanol–water partition coefficient (Wildman–Crippen LogP) is 5.54. The van der Waals surface area contributed by atoms with Gasteiger partial charge in [0.1, 0.15) is 11.9 Å². The highest BCUT2D eigenvalue weighted by molar-refractivity contribution is 5.86. The maximum Gasteiger partial charge on any atom is 0.490 e. The number of ether oxygens (including phenoxy) is 1. The fourth-order valence-corrected chi connectivity index (χ4v) is 4.63. The fraction of sp³-hybridized carbons (Fsp3) is 0.231. The fourth-order valence-electron chi connectivity index (χ4n) is 4.63. The van der Waals surface area contributed by atoms with Gasteiger partial charge in [-0.05, 0) is 53.3 Å². The van der Waals surface area contributed by atoms with Crippen LogP contribution in [0.2, 0.25) is 0 Å². The van der Waals surface area contributed by atoms with Crippen molar-refractivity contribution in [3.63, 3.8) is 0 Å². The number of nitrogens with one attached hydrogen (secondary N) is 2. The van der Waals surface area contributed by atoms with Crippen LogP contribution in [0.1, 0.15) is 28.4 Å². The molecule has 180 valence electrons. The number of rotatable bonds is 5. The van der Waals surface area contributed by atoms with Crippen molar-refractivity contribution in [2.45, 2.75) is 38.2 Å². The number of carbonyl (C=O) groups is 1. The average Bonchev–Trinajstić information content (AvgIpc) is 3.43. The monoisotopic (exact) mass is 483 g/mol. The van der Waals surface area contributed by atoms with Gasteiger partial charge in [-0.25, -0.2) is 14.2 Å². The number of benzene rings is 3. The molecular weight excluding hydrogens is 462 g/mol. The van der Waals surface area contributed by atoms with Gasteiger partial charge in [0.2, 0.25) is 0 Å². The summed E-state index contributed by atoms with van der Waals surface area (Å²) in [6.07, 6.45) is -4.25. The first-order chi connectivity index (χ1) is 16.7. The molecule has 1 aromatic heterocycles. The van der Waals surface area contributed by atoms with Crippen molar-refractivity contribution in [1.82, 2.24) is 15.3 Å². The largest absolute Gasteiger partial charge is 0.490 e. The van der Waals surface area contributed by atoms with E-state index in [1.165, 1.54) is 6.07 Å². The van der Waals surface area contributed by atoms with Crippen LogP contribution in [0.4, 0.5) is 17.6 Å². The Morgan fingerprint density at radius 2 is 1.97 bits per heavy atom. The summed E-state index contributed by atoms with van der Waals surface area (Å²) in [5, 5.41) is 3.09. The van der Waals surface area contributed by atoms with E-state index in [-0.39, 0.29) is 6.54 Å². The molecule has 2 atom stereocenters. The lowest BCUT2D eigenvalue weighted by Gasteiger charge is -2.23. The van der Waals surface area contributed by atoms with Crippen molar-refractivity contribution in [2.24, 2.45) is 0 Å². The maximum atomic E-state index is 15.0. The van der Waals surface area contributed by atoms with E-state index < -0.39 is 30.1 Å². The Kier molecular flexibility index (Phi) is 5.80. The number of halogens is 4. The quantitative estimate of drug-likeness (QED) is 0.289. The summed E-state index contributed by atoms with van der Waals surface area (Å²) < 4.78 is 58.3. The first-order valence-electron chi connectivity index (χ1n) is 11.0. The Morgan fingerprint density at radius 1 is 1.17 bits per heavy atom. The Balaban J connectivity index is 1.34. The molecule has 0 saturated carbocycles. The smallest absolute Gasteiger partial charge is 0.449 e. The number of hydrogen-bond donors (Lipinski definition) is 2. The van der Waals surface area contributed by atoms with Gasteiger partial charge in [-0.1, -0.05) is 42.5 Å². The molecule has 35 heavy (non-hydrogen) atoms. The molecule has 5 rings (SSSR count). The first-order valence-corrected chi connectivity index (χ1v) is 11.0. The van der Waals surface area contributed by atoms with Crippen molar-refractivity contribution in [3.8, 4) is 11.1 Å². The minimum Gasteiger partial charge on any atom is -0.449 e. The zero-order chi connectivity index (χ0) is 24.7. The predicted molar refractivity (Wildman–Crippen MR) is 122 cm³/mol. The third-order valence-corrected chi connectivity index (χ3v) is 6.40. The molecule has 0 spiro atoms. The molecule has 0 radical (unpaired) electrons. The van der Waals surface area contributed by atoms with Crippen LogP contribution in [0.15, 0.2) is 60.9 Å². The van der Waals surface area contributed by atoms with E-state index >= 15 is 4.39 Å². The van der Waals surface area contributed by atoms with Crippen molar-refractivity contribution in [2.75, 3.05) is 0 Å². The summed E-state index contributed by atoms with van der Waals surface area (Å²) in [7, 11) is 0. The first kappa shape index (κ1) is 23.0. The van der Waals surface area contributed by atoms with Crippen LogP contribution in [0.5, 0.6) is 0 Å². The number of carbonyl (C=O) groups excluding carboxylic acids is 1. The molecule has 5 nitrogen and oxygen atoms in total. The number of hydrogen-bond acceptors (Lipinski definition) is 4. The molecule has 2 N–H and O–H groups in total. The molecule has 4 aromatic rings. The Morgan fingerprint density at radius 3 is 2.74 bits per heavy atom. The molecular formula is C26H21F4N3O2. The van der Waals surface area contributed by atoms with Crippen molar-refractivity contribution < 1.29 is 27.1 Å². The van der Waals surface area contributed by atoms with Gasteiger partial charge in [-0.3, -0.25) is 0 Å². The number of aromatic nitrogens is 2. The van der Waals surface area contributed by atoms with Crippen LogP contribution >= 0.6 is 0 Å². The molecule has 3 aromatic carbocycles. The SMILES string of the molecule is Cc1c(-c2ccc(CNC3Cc4ccccc4C3OC(=O)C(F)(F)F)c(F)c2)ccc2[nH]cnc12. The second-order valence-corrected chi connectivity index (χ2v) is 8.56. The third-order valence-electron chi connectivity index (χ3n) is 6.40. The zero-order valence-electron chi connectivity index (χ0n) is 18.6. The third kappa shape index (κ3) is 4.39. The van der Waals surface area contributed by atoms with Crippen LogP contribution in [0.3, 0.4) is 0 Å². The number of esters is 1. The molecule has 1 aliphatic rings. The number of alkyl halides is 3. The number of imidazole rings is 1. The number of nitrogens with zero attached hydrogens (tertiary/aromatic N) is 1. The molecule has 0 aliphatic heterocycles. The Labute approximate surface area is 198 Å². The van der Waals surface area contributed by atoms with Gasteiger partial charge in [0, 0.05) is 12.1 Å². The van der Waals surface area contributed by atoms with Crippen molar-refractivity contribution in [3.05, 3.63) is 89.0 Å². The van der Waals surface area contributed by atoms with E-state index in [0.29, 0.717) is 23.1 Å². The van der Waals surface area contributed by atoms with E-state index in [9.17, 15) is 18.0 Å². The Bertz CT molecular complexity index is 1410. The number of aromatic amines is 1. The van der Waals surface area contributed by atoms with Crippen LogP contribution in [-0.4, -0.2) is 28.2 Å². The molecule has 1 heterocycles. The zero-order valence-corrected chi connectivity index (χ0v) is 18.6. The number of aryl methyl sites for hydroxylation is 1. The molecule has 1 aliphatic carbocycles. The maximum absolute atomic E-state index is 15.0. The summed E-state index contributed by atoms with van der Waals surface area (Å²) in [6, 6.07) is 14.9. The Hall–Kier alpha value is -3.72. The minimum absolute atomic E-state index is 0.0578. The second-order valence-electron chi connectivity index (χ2n) is 8.56. The topological polar surface area (TPSA) is 67.0 Å².